The van der Waals surface area contributed by atoms with E-state index in [-0.39, 0.29) is 5.97 Å². The maximum absolute atomic E-state index is 11.6. The lowest BCUT2D eigenvalue weighted by atomic mass is 10.2. The molecule has 0 atom stereocenters. The highest BCUT2D eigenvalue weighted by atomic mass is 16.5. The predicted octanol–water partition coefficient (Wildman–Crippen LogP) is 1.92. The summed E-state index contributed by atoms with van der Waals surface area (Å²) < 4.78 is 4.97. The average molecular weight is 288 g/mol. The van der Waals surface area contributed by atoms with Gasteiger partial charge in [0.25, 0.3) is 0 Å². The number of piperazine rings is 1. The Bertz CT molecular complexity index is 465. The quantitative estimate of drug-likeness (QED) is 0.591. The third-order valence-corrected chi connectivity index (χ3v) is 3.69. The minimum Gasteiger partial charge on any atom is -0.463 e. The Morgan fingerprint density at radius 2 is 1.76 bits per heavy atom. The molecule has 2 rings (SSSR count). The normalized spacial score (nSPS) is 16.6. The Morgan fingerprint density at radius 1 is 1.14 bits per heavy atom. The van der Waals surface area contributed by atoms with Crippen molar-refractivity contribution in [2.45, 2.75) is 13.5 Å². The van der Waals surface area contributed by atoms with Gasteiger partial charge in [-0.05, 0) is 12.5 Å². The second-order valence-corrected chi connectivity index (χ2v) is 5.36. The fourth-order valence-corrected chi connectivity index (χ4v) is 2.51. The Labute approximate surface area is 127 Å². The minimum atomic E-state index is -0.274. The number of esters is 1. The van der Waals surface area contributed by atoms with Crippen LogP contribution in [0.4, 0.5) is 0 Å². The van der Waals surface area contributed by atoms with Crippen LogP contribution in [0.2, 0.25) is 0 Å². The summed E-state index contributed by atoms with van der Waals surface area (Å²) in [6.07, 6.45) is 0. The standard InChI is InChI=1S/C17H24N2O2/c1-3-21-17(20)15(2)13-18-9-11-19(12-10-18)14-16-7-5-4-6-8-16/h4-8H,2-3,9-14H2,1H3. The van der Waals surface area contributed by atoms with Crippen LogP contribution in [0.5, 0.6) is 0 Å². The van der Waals surface area contributed by atoms with Crippen molar-refractivity contribution in [1.29, 1.82) is 0 Å². The number of hydrogen-bond donors (Lipinski definition) is 0. The van der Waals surface area contributed by atoms with Crippen LogP contribution in [0.1, 0.15) is 12.5 Å². The number of nitrogens with zero attached hydrogens (tertiary/aromatic N) is 2. The van der Waals surface area contributed by atoms with E-state index in [1.807, 2.05) is 13.0 Å². The number of carbonyl (C=O) groups is 1. The molecule has 0 radical (unpaired) electrons. The fourth-order valence-electron chi connectivity index (χ4n) is 2.51. The van der Waals surface area contributed by atoms with Crippen molar-refractivity contribution < 1.29 is 9.53 Å². The Hall–Kier alpha value is -1.65. The molecular weight excluding hydrogens is 264 g/mol. The van der Waals surface area contributed by atoms with Gasteiger partial charge in [-0.2, -0.15) is 0 Å². The van der Waals surface area contributed by atoms with Crippen molar-refractivity contribution in [3.63, 3.8) is 0 Å². The van der Waals surface area contributed by atoms with Crippen molar-refractivity contribution in [2.75, 3.05) is 39.3 Å². The molecule has 0 amide bonds. The van der Waals surface area contributed by atoms with Gasteiger partial charge in [0, 0.05) is 44.8 Å². The largest absolute Gasteiger partial charge is 0.463 e. The second-order valence-electron chi connectivity index (χ2n) is 5.36. The van der Waals surface area contributed by atoms with Crippen LogP contribution in [0.15, 0.2) is 42.5 Å². The van der Waals surface area contributed by atoms with E-state index in [0.29, 0.717) is 18.7 Å². The van der Waals surface area contributed by atoms with Gasteiger partial charge in [0.1, 0.15) is 0 Å². The van der Waals surface area contributed by atoms with E-state index >= 15 is 0 Å². The fraction of sp³-hybridized carbons (Fsp3) is 0.471. The molecule has 1 aliphatic rings. The highest BCUT2D eigenvalue weighted by molar-refractivity contribution is 5.88. The molecule has 0 N–H and O–H groups in total. The average Bonchev–Trinajstić information content (AvgIpc) is 2.50. The Balaban J connectivity index is 1.73. The molecule has 1 fully saturated rings. The molecule has 0 aromatic heterocycles. The number of ether oxygens (including phenoxy) is 1. The van der Waals surface area contributed by atoms with Gasteiger partial charge < -0.3 is 4.74 Å². The molecule has 1 aromatic rings. The van der Waals surface area contributed by atoms with Crippen molar-refractivity contribution >= 4 is 5.97 Å². The van der Waals surface area contributed by atoms with Crippen molar-refractivity contribution in [3.05, 3.63) is 48.0 Å². The van der Waals surface area contributed by atoms with E-state index in [1.165, 1.54) is 5.56 Å². The summed E-state index contributed by atoms with van der Waals surface area (Å²) in [6.45, 7) is 11.6. The molecular formula is C17H24N2O2. The first kappa shape index (κ1) is 15.7. The molecule has 1 aliphatic heterocycles. The number of rotatable bonds is 6. The van der Waals surface area contributed by atoms with Gasteiger partial charge in [-0.1, -0.05) is 36.9 Å². The van der Waals surface area contributed by atoms with Crippen LogP contribution in [-0.4, -0.2) is 55.1 Å². The van der Waals surface area contributed by atoms with Gasteiger partial charge >= 0.3 is 5.97 Å². The lowest BCUT2D eigenvalue weighted by Crippen LogP contribution is -2.46. The Morgan fingerprint density at radius 3 is 2.38 bits per heavy atom. The molecule has 1 saturated heterocycles. The van der Waals surface area contributed by atoms with Gasteiger partial charge in [0.15, 0.2) is 0 Å². The van der Waals surface area contributed by atoms with Crippen molar-refractivity contribution in [1.82, 2.24) is 9.80 Å². The molecule has 0 unspecified atom stereocenters. The summed E-state index contributed by atoms with van der Waals surface area (Å²) in [5.41, 5.74) is 1.90. The first-order valence-electron chi connectivity index (χ1n) is 7.52. The van der Waals surface area contributed by atoms with E-state index < -0.39 is 0 Å². The SMILES string of the molecule is C=C(CN1CCN(Cc2ccccc2)CC1)C(=O)OCC. The second kappa shape index (κ2) is 7.96. The van der Waals surface area contributed by atoms with Gasteiger partial charge in [0.05, 0.1) is 6.61 Å². The van der Waals surface area contributed by atoms with E-state index in [2.05, 4.69) is 40.6 Å². The molecule has 21 heavy (non-hydrogen) atoms. The van der Waals surface area contributed by atoms with Crippen molar-refractivity contribution in [3.8, 4) is 0 Å². The van der Waals surface area contributed by atoms with E-state index in [0.717, 1.165) is 32.7 Å². The minimum absolute atomic E-state index is 0.274. The molecule has 0 spiro atoms. The zero-order valence-corrected chi connectivity index (χ0v) is 12.8. The smallest absolute Gasteiger partial charge is 0.334 e. The molecule has 0 saturated carbocycles. The maximum atomic E-state index is 11.6. The van der Waals surface area contributed by atoms with Crippen LogP contribution < -0.4 is 0 Å². The zero-order chi connectivity index (χ0) is 15.1. The first-order chi connectivity index (χ1) is 10.2. The van der Waals surface area contributed by atoms with Gasteiger partial charge in [-0.15, -0.1) is 0 Å². The van der Waals surface area contributed by atoms with Crippen LogP contribution in [0.25, 0.3) is 0 Å². The predicted molar refractivity (Wildman–Crippen MR) is 83.9 cm³/mol. The molecule has 0 bridgehead atoms. The lowest BCUT2D eigenvalue weighted by Gasteiger charge is -2.34. The summed E-state index contributed by atoms with van der Waals surface area (Å²) in [5, 5.41) is 0. The van der Waals surface area contributed by atoms with Gasteiger partial charge in [0.2, 0.25) is 0 Å². The van der Waals surface area contributed by atoms with Gasteiger partial charge in [-0.25, -0.2) is 4.79 Å². The van der Waals surface area contributed by atoms with Crippen LogP contribution in [0.3, 0.4) is 0 Å². The molecule has 4 heteroatoms. The third kappa shape index (κ3) is 4.99. The van der Waals surface area contributed by atoms with E-state index in [1.54, 1.807) is 0 Å². The third-order valence-electron chi connectivity index (χ3n) is 3.69. The summed E-state index contributed by atoms with van der Waals surface area (Å²) in [5.74, 6) is -0.274. The molecule has 1 heterocycles. The maximum Gasteiger partial charge on any atom is 0.334 e. The van der Waals surface area contributed by atoms with Crippen LogP contribution in [0, 0.1) is 0 Å². The van der Waals surface area contributed by atoms with Crippen molar-refractivity contribution in [2.24, 2.45) is 0 Å². The molecule has 4 nitrogen and oxygen atoms in total. The molecule has 1 aromatic carbocycles. The number of hydrogen-bond acceptors (Lipinski definition) is 4. The monoisotopic (exact) mass is 288 g/mol. The summed E-state index contributed by atoms with van der Waals surface area (Å²) in [7, 11) is 0. The molecule has 114 valence electrons. The number of benzene rings is 1. The zero-order valence-electron chi connectivity index (χ0n) is 12.8. The van der Waals surface area contributed by atoms with E-state index in [4.69, 9.17) is 4.74 Å². The van der Waals surface area contributed by atoms with Crippen LogP contribution >= 0.6 is 0 Å². The molecule has 0 aliphatic carbocycles. The summed E-state index contributed by atoms with van der Waals surface area (Å²) >= 11 is 0. The van der Waals surface area contributed by atoms with Crippen LogP contribution in [-0.2, 0) is 16.1 Å². The lowest BCUT2D eigenvalue weighted by molar-refractivity contribution is -0.138. The Kier molecular flexibility index (Phi) is 5.96. The summed E-state index contributed by atoms with van der Waals surface area (Å²) in [6, 6.07) is 10.5. The number of carbonyl (C=O) groups excluding carboxylic acids is 1. The highest BCUT2D eigenvalue weighted by Gasteiger charge is 2.19. The topological polar surface area (TPSA) is 32.8 Å². The van der Waals surface area contributed by atoms with Gasteiger partial charge in [-0.3, -0.25) is 9.80 Å². The first-order valence-corrected chi connectivity index (χ1v) is 7.52. The highest BCUT2D eigenvalue weighted by Crippen LogP contribution is 2.09. The summed E-state index contributed by atoms with van der Waals surface area (Å²) in [4.78, 5) is 16.3. The van der Waals surface area contributed by atoms with E-state index in [9.17, 15) is 4.79 Å².